The van der Waals surface area contributed by atoms with E-state index in [1.165, 1.54) is 31.2 Å². The molecule has 1 aromatic rings. The lowest BCUT2D eigenvalue weighted by atomic mass is 9.50. The third-order valence-corrected chi connectivity index (χ3v) is 4.46. The lowest BCUT2D eigenvalue weighted by Crippen LogP contribution is -2.47. The topological polar surface area (TPSA) is 36.7 Å². The van der Waals surface area contributed by atoms with Crippen LogP contribution in [0.4, 0.5) is 0 Å². The van der Waals surface area contributed by atoms with E-state index in [0.717, 1.165) is 12.8 Å². The Hall–Kier alpha value is -1.36. The van der Waals surface area contributed by atoms with Crippen LogP contribution in [0.25, 0.3) is 0 Å². The molecule has 0 N–H and O–H groups in total. The number of rotatable bonds is 1. The van der Waals surface area contributed by atoms with Crippen LogP contribution in [-0.2, 0) is 5.41 Å². The number of nitriles is 1. The maximum Gasteiger partial charge on any atom is 0.0834 e. The smallest absolute Gasteiger partial charge is 0.0834 e. The molecule has 0 aromatic carbocycles. The van der Waals surface area contributed by atoms with Crippen molar-refractivity contribution < 1.29 is 0 Å². The molecule has 1 aromatic heterocycles. The summed E-state index contributed by atoms with van der Waals surface area (Å²) in [7, 11) is 0. The van der Waals surface area contributed by atoms with Crippen LogP contribution in [0.1, 0.15) is 44.1 Å². The van der Waals surface area contributed by atoms with Crippen molar-refractivity contribution in [3.63, 3.8) is 0 Å². The molecular formula is C14H16N2. The number of pyridine rings is 1. The molecule has 1 spiro atoms. The van der Waals surface area contributed by atoms with Crippen molar-refractivity contribution in [1.29, 1.82) is 5.26 Å². The van der Waals surface area contributed by atoms with E-state index >= 15 is 0 Å². The molecule has 2 fully saturated rings. The molecule has 0 radical (unpaired) electrons. The van der Waals surface area contributed by atoms with E-state index in [2.05, 4.69) is 11.1 Å². The van der Waals surface area contributed by atoms with E-state index in [9.17, 15) is 5.26 Å². The van der Waals surface area contributed by atoms with Crippen molar-refractivity contribution in [3.8, 4) is 6.07 Å². The predicted molar refractivity (Wildman–Crippen MR) is 61.7 cm³/mol. The third kappa shape index (κ3) is 1.28. The zero-order valence-corrected chi connectivity index (χ0v) is 9.45. The molecule has 2 heteroatoms. The SMILES string of the molecule is N#CC1(c2ccncc2)CC2(CCCC2)C1. The molecule has 0 unspecified atom stereocenters. The largest absolute Gasteiger partial charge is 0.265 e. The van der Waals surface area contributed by atoms with Crippen LogP contribution in [-0.4, -0.2) is 4.98 Å². The highest BCUT2D eigenvalue weighted by Gasteiger charge is 2.56. The van der Waals surface area contributed by atoms with Gasteiger partial charge in [-0.1, -0.05) is 12.8 Å². The van der Waals surface area contributed by atoms with E-state index in [1.54, 1.807) is 12.4 Å². The summed E-state index contributed by atoms with van der Waals surface area (Å²) in [6.07, 6.45) is 11.1. The first kappa shape index (κ1) is 9.84. The van der Waals surface area contributed by atoms with E-state index < -0.39 is 0 Å². The van der Waals surface area contributed by atoms with Crippen LogP contribution in [0, 0.1) is 16.7 Å². The average molecular weight is 212 g/mol. The Morgan fingerprint density at radius 3 is 2.31 bits per heavy atom. The molecule has 2 aliphatic carbocycles. The van der Waals surface area contributed by atoms with Gasteiger partial charge < -0.3 is 0 Å². The Bertz CT molecular complexity index is 416. The normalized spacial score (nSPS) is 24.9. The Kier molecular flexibility index (Phi) is 2.04. The Labute approximate surface area is 96.3 Å². The van der Waals surface area contributed by atoms with Gasteiger partial charge in [0.05, 0.1) is 11.5 Å². The second kappa shape index (κ2) is 3.31. The van der Waals surface area contributed by atoms with E-state index in [-0.39, 0.29) is 5.41 Å². The van der Waals surface area contributed by atoms with E-state index in [1.807, 2.05) is 12.1 Å². The van der Waals surface area contributed by atoms with Crippen molar-refractivity contribution in [2.24, 2.45) is 5.41 Å². The van der Waals surface area contributed by atoms with Crippen molar-refractivity contribution in [3.05, 3.63) is 30.1 Å². The molecule has 1 heterocycles. The van der Waals surface area contributed by atoms with Gasteiger partial charge in [0, 0.05) is 12.4 Å². The molecule has 2 nitrogen and oxygen atoms in total. The van der Waals surface area contributed by atoms with Gasteiger partial charge in [-0.15, -0.1) is 0 Å². The molecule has 0 saturated heterocycles. The van der Waals surface area contributed by atoms with Crippen LogP contribution in [0.2, 0.25) is 0 Å². The van der Waals surface area contributed by atoms with Gasteiger partial charge in [-0.05, 0) is 48.8 Å². The van der Waals surface area contributed by atoms with Gasteiger partial charge in [0.2, 0.25) is 0 Å². The summed E-state index contributed by atoms with van der Waals surface area (Å²) in [5.74, 6) is 0. The highest BCUT2D eigenvalue weighted by atomic mass is 14.6. The quantitative estimate of drug-likeness (QED) is 0.716. The fourth-order valence-corrected chi connectivity index (χ4v) is 3.73. The predicted octanol–water partition coefficient (Wildman–Crippen LogP) is 3.20. The Morgan fingerprint density at radius 2 is 1.75 bits per heavy atom. The van der Waals surface area contributed by atoms with Gasteiger partial charge in [0.15, 0.2) is 0 Å². The zero-order chi connectivity index (χ0) is 11.1. The van der Waals surface area contributed by atoms with Crippen LogP contribution in [0.3, 0.4) is 0 Å². The highest BCUT2D eigenvalue weighted by Crippen LogP contribution is 2.62. The van der Waals surface area contributed by atoms with Crippen LogP contribution >= 0.6 is 0 Å². The lowest BCUT2D eigenvalue weighted by Gasteiger charge is -2.51. The van der Waals surface area contributed by atoms with Crippen LogP contribution in [0.15, 0.2) is 24.5 Å². The minimum Gasteiger partial charge on any atom is -0.265 e. The summed E-state index contributed by atoms with van der Waals surface area (Å²) in [6, 6.07) is 6.56. The molecule has 0 aliphatic heterocycles. The summed E-state index contributed by atoms with van der Waals surface area (Å²) in [5.41, 5.74) is 1.48. The maximum atomic E-state index is 9.46. The van der Waals surface area contributed by atoms with Crippen molar-refractivity contribution in [2.75, 3.05) is 0 Å². The zero-order valence-electron chi connectivity index (χ0n) is 9.45. The monoisotopic (exact) mass is 212 g/mol. The fourth-order valence-electron chi connectivity index (χ4n) is 3.73. The van der Waals surface area contributed by atoms with Crippen LogP contribution in [0.5, 0.6) is 0 Å². The summed E-state index contributed by atoms with van der Waals surface area (Å²) >= 11 is 0. The highest BCUT2D eigenvalue weighted by molar-refractivity contribution is 5.36. The van der Waals surface area contributed by atoms with Gasteiger partial charge in [0.25, 0.3) is 0 Å². The first-order chi connectivity index (χ1) is 7.79. The number of hydrogen-bond acceptors (Lipinski definition) is 2. The molecule has 0 amide bonds. The van der Waals surface area contributed by atoms with Gasteiger partial charge in [0.1, 0.15) is 0 Å². The fraction of sp³-hybridized carbons (Fsp3) is 0.571. The Morgan fingerprint density at radius 1 is 1.12 bits per heavy atom. The average Bonchev–Trinajstić information content (AvgIpc) is 2.76. The minimum absolute atomic E-state index is 0.201. The number of hydrogen-bond donors (Lipinski definition) is 0. The molecule has 82 valence electrons. The molecule has 2 aliphatic rings. The molecule has 3 rings (SSSR count). The molecular weight excluding hydrogens is 196 g/mol. The summed E-state index contributed by atoms with van der Waals surface area (Å²) in [5, 5.41) is 9.46. The maximum absolute atomic E-state index is 9.46. The van der Waals surface area contributed by atoms with Gasteiger partial charge >= 0.3 is 0 Å². The first-order valence-corrected chi connectivity index (χ1v) is 6.11. The van der Waals surface area contributed by atoms with E-state index in [0.29, 0.717) is 5.41 Å². The van der Waals surface area contributed by atoms with Gasteiger partial charge in [-0.2, -0.15) is 5.26 Å². The molecule has 16 heavy (non-hydrogen) atoms. The van der Waals surface area contributed by atoms with Crippen molar-refractivity contribution >= 4 is 0 Å². The second-order valence-electron chi connectivity index (χ2n) is 5.49. The molecule has 0 atom stereocenters. The second-order valence-corrected chi connectivity index (χ2v) is 5.49. The number of nitrogens with zero attached hydrogens (tertiary/aromatic N) is 2. The van der Waals surface area contributed by atoms with Crippen molar-refractivity contribution in [1.82, 2.24) is 4.98 Å². The molecule has 2 saturated carbocycles. The van der Waals surface area contributed by atoms with E-state index in [4.69, 9.17) is 0 Å². The molecule has 0 bridgehead atoms. The van der Waals surface area contributed by atoms with Crippen LogP contribution < -0.4 is 0 Å². The summed E-state index contributed by atoms with van der Waals surface area (Å²) in [4.78, 5) is 4.03. The van der Waals surface area contributed by atoms with Gasteiger partial charge in [-0.25, -0.2) is 0 Å². The minimum atomic E-state index is -0.201. The summed E-state index contributed by atoms with van der Waals surface area (Å²) < 4.78 is 0. The van der Waals surface area contributed by atoms with Gasteiger partial charge in [-0.3, -0.25) is 4.98 Å². The summed E-state index contributed by atoms with van der Waals surface area (Å²) in [6.45, 7) is 0. The standard InChI is InChI=1S/C14H16N2/c15-11-14(12-3-7-16-8-4-12)9-13(10-14)5-1-2-6-13/h3-4,7-8H,1-2,5-6,9-10H2. The first-order valence-electron chi connectivity index (χ1n) is 6.11. The van der Waals surface area contributed by atoms with Crippen molar-refractivity contribution in [2.45, 2.75) is 43.9 Å². The lowest BCUT2D eigenvalue weighted by molar-refractivity contribution is 0.0648. The number of aromatic nitrogens is 1. The Balaban J connectivity index is 1.87. The third-order valence-electron chi connectivity index (χ3n) is 4.46.